The fourth-order valence-corrected chi connectivity index (χ4v) is 1.99. The molecule has 1 heteroatoms. The second-order valence-corrected chi connectivity index (χ2v) is 3.83. The third-order valence-corrected chi connectivity index (χ3v) is 2.79. The number of hydrogen-bond donors (Lipinski definition) is 1. The molecule has 1 aliphatic rings. The van der Waals surface area contributed by atoms with E-state index in [1.807, 2.05) is 0 Å². The van der Waals surface area contributed by atoms with Crippen molar-refractivity contribution in [3.8, 4) is 0 Å². The normalized spacial score (nSPS) is 14.8. The Morgan fingerprint density at radius 2 is 2.00 bits per heavy atom. The van der Waals surface area contributed by atoms with Crippen LogP contribution in [0, 0.1) is 0 Å². The lowest BCUT2D eigenvalue weighted by Crippen LogP contribution is -1.99. The Kier molecular flexibility index (Phi) is 3.00. The molecule has 1 N–H and O–H groups in total. The molecule has 14 heavy (non-hydrogen) atoms. The zero-order valence-corrected chi connectivity index (χ0v) is 8.37. The zero-order valence-electron chi connectivity index (χ0n) is 8.37. The minimum atomic E-state index is 0.305. The summed E-state index contributed by atoms with van der Waals surface area (Å²) in [6, 6.07) is 8.57. The molecular formula is C13H16O. The van der Waals surface area contributed by atoms with Crippen LogP contribution in [0.15, 0.2) is 29.8 Å². The van der Waals surface area contributed by atoms with E-state index in [9.17, 15) is 0 Å². The van der Waals surface area contributed by atoms with Crippen LogP contribution < -0.4 is 0 Å². The zero-order chi connectivity index (χ0) is 9.80. The predicted octanol–water partition coefficient (Wildman–Crippen LogP) is 2.79. The molecule has 1 nitrogen and oxygen atoms in total. The smallest absolute Gasteiger partial charge is 0.0434 e. The number of aliphatic hydroxyl groups is 1. The quantitative estimate of drug-likeness (QED) is 0.773. The molecule has 0 amide bonds. The predicted molar refractivity (Wildman–Crippen MR) is 59.1 cm³/mol. The summed E-state index contributed by atoms with van der Waals surface area (Å²) in [6.45, 7) is 0.305. The van der Waals surface area contributed by atoms with Crippen molar-refractivity contribution in [2.75, 3.05) is 6.61 Å². The lowest BCUT2D eigenvalue weighted by atomic mass is 9.90. The number of fused-ring (bicyclic) bond motifs is 1. The minimum absolute atomic E-state index is 0.305. The van der Waals surface area contributed by atoms with Crippen molar-refractivity contribution in [3.05, 3.63) is 41.0 Å². The van der Waals surface area contributed by atoms with Gasteiger partial charge in [-0.2, -0.15) is 0 Å². The highest BCUT2D eigenvalue weighted by Gasteiger charge is 2.08. The standard InChI is InChI=1S/C13H16O/c14-9-3-4-11-7-8-12-5-1-2-6-13(12)10-11/h1-2,5-6,10,14H,3-4,7-9H2. The summed E-state index contributed by atoms with van der Waals surface area (Å²) >= 11 is 0. The van der Waals surface area contributed by atoms with Gasteiger partial charge in [-0.05, 0) is 36.8 Å². The number of aliphatic hydroxyl groups excluding tert-OH is 1. The molecule has 0 spiro atoms. The Morgan fingerprint density at radius 3 is 2.86 bits per heavy atom. The lowest BCUT2D eigenvalue weighted by Gasteiger charge is -2.15. The van der Waals surface area contributed by atoms with Crippen molar-refractivity contribution in [1.82, 2.24) is 0 Å². The van der Waals surface area contributed by atoms with Crippen LogP contribution in [0.4, 0.5) is 0 Å². The highest BCUT2D eigenvalue weighted by Crippen LogP contribution is 2.25. The van der Waals surface area contributed by atoms with Crippen LogP contribution >= 0.6 is 0 Å². The van der Waals surface area contributed by atoms with E-state index >= 15 is 0 Å². The summed E-state index contributed by atoms with van der Waals surface area (Å²) < 4.78 is 0. The van der Waals surface area contributed by atoms with E-state index in [2.05, 4.69) is 30.3 Å². The fourth-order valence-electron chi connectivity index (χ4n) is 1.99. The Balaban J connectivity index is 2.14. The van der Waals surface area contributed by atoms with Gasteiger partial charge < -0.3 is 5.11 Å². The average molecular weight is 188 g/mol. The van der Waals surface area contributed by atoms with E-state index in [0.29, 0.717) is 6.61 Å². The van der Waals surface area contributed by atoms with Gasteiger partial charge in [-0.1, -0.05) is 35.9 Å². The second kappa shape index (κ2) is 4.43. The molecule has 1 aromatic carbocycles. The van der Waals surface area contributed by atoms with Gasteiger partial charge in [-0.3, -0.25) is 0 Å². The molecule has 1 aromatic rings. The molecule has 0 fully saturated rings. The van der Waals surface area contributed by atoms with Gasteiger partial charge in [-0.15, -0.1) is 0 Å². The molecule has 1 aliphatic carbocycles. The van der Waals surface area contributed by atoms with E-state index in [1.165, 1.54) is 16.7 Å². The summed E-state index contributed by atoms with van der Waals surface area (Å²) in [5.74, 6) is 0. The molecule has 2 rings (SSSR count). The SMILES string of the molecule is OCCCC1=Cc2ccccc2CC1. The number of hydrogen-bond acceptors (Lipinski definition) is 1. The average Bonchev–Trinajstić information content (AvgIpc) is 2.26. The molecule has 0 saturated heterocycles. The first kappa shape index (κ1) is 9.47. The summed E-state index contributed by atoms with van der Waals surface area (Å²) in [4.78, 5) is 0. The number of allylic oxidation sites excluding steroid dienone is 1. The highest BCUT2D eigenvalue weighted by atomic mass is 16.2. The van der Waals surface area contributed by atoms with E-state index in [0.717, 1.165) is 25.7 Å². The van der Waals surface area contributed by atoms with E-state index in [4.69, 9.17) is 5.11 Å². The monoisotopic (exact) mass is 188 g/mol. The van der Waals surface area contributed by atoms with Crippen molar-refractivity contribution < 1.29 is 5.11 Å². The van der Waals surface area contributed by atoms with Crippen LogP contribution in [-0.4, -0.2) is 11.7 Å². The molecule has 0 unspecified atom stereocenters. The van der Waals surface area contributed by atoms with E-state index < -0.39 is 0 Å². The Labute approximate surface area is 85.1 Å². The molecule has 0 saturated carbocycles. The van der Waals surface area contributed by atoms with Crippen molar-refractivity contribution in [2.24, 2.45) is 0 Å². The van der Waals surface area contributed by atoms with E-state index in [-0.39, 0.29) is 0 Å². The van der Waals surface area contributed by atoms with Crippen LogP contribution in [0.1, 0.15) is 30.4 Å². The van der Waals surface area contributed by atoms with Crippen LogP contribution in [0.3, 0.4) is 0 Å². The molecule has 0 heterocycles. The number of benzene rings is 1. The maximum atomic E-state index is 8.76. The lowest BCUT2D eigenvalue weighted by molar-refractivity contribution is 0.288. The summed E-state index contributed by atoms with van der Waals surface area (Å²) in [7, 11) is 0. The van der Waals surface area contributed by atoms with Gasteiger partial charge >= 0.3 is 0 Å². The summed E-state index contributed by atoms with van der Waals surface area (Å²) in [6.07, 6.45) is 6.55. The third kappa shape index (κ3) is 2.05. The van der Waals surface area contributed by atoms with Gasteiger partial charge in [0.25, 0.3) is 0 Å². The van der Waals surface area contributed by atoms with E-state index in [1.54, 1.807) is 0 Å². The van der Waals surface area contributed by atoms with Crippen molar-refractivity contribution in [1.29, 1.82) is 0 Å². The maximum Gasteiger partial charge on any atom is 0.0434 e. The molecule has 0 atom stereocenters. The van der Waals surface area contributed by atoms with Crippen molar-refractivity contribution in [2.45, 2.75) is 25.7 Å². The largest absolute Gasteiger partial charge is 0.396 e. The van der Waals surface area contributed by atoms with Crippen LogP contribution in [-0.2, 0) is 6.42 Å². The Bertz CT molecular complexity index is 339. The van der Waals surface area contributed by atoms with Gasteiger partial charge in [0.1, 0.15) is 0 Å². The van der Waals surface area contributed by atoms with Gasteiger partial charge in [0.15, 0.2) is 0 Å². The maximum absolute atomic E-state index is 8.76. The van der Waals surface area contributed by atoms with Gasteiger partial charge in [0.05, 0.1) is 0 Å². The fraction of sp³-hybridized carbons (Fsp3) is 0.385. The summed E-state index contributed by atoms with van der Waals surface area (Å²) in [5, 5.41) is 8.76. The van der Waals surface area contributed by atoms with Gasteiger partial charge in [-0.25, -0.2) is 0 Å². The first-order valence-corrected chi connectivity index (χ1v) is 5.28. The molecule has 74 valence electrons. The van der Waals surface area contributed by atoms with Gasteiger partial charge in [0, 0.05) is 6.61 Å². The Morgan fingerprint density at radius 1 is 1.14 bits per heavy atom. The molecule has 0 aromatic heterocycles. The number of aryl methyl sites for hydroxylation is 1. The van der Waals surface area contributed by atoms with Gasteiger partial charge in [0.2, 0.25) is 0 Å². The van der Waals surface area contributed by atoms with Crippen molar-refractivity contribution >= 4 is 6.08 Å². The Hall–Kier alpha value is -1.08. The minimum Gasteiger partial charge on any atom is -0.396 e. The molecule has 0 radical (unpaired) electrons. The molecular weight excluding hydrogens is 172 g/mol. The topological polar surface area (TPSA) is 20.2 Å². The third-order valence-electron chi connectivity index (χ3n) is 2.79. The number of rotatable bonds is 3. The highest BCUT2D eigenvalue weighted by molar-refractivity contribution is 5.59. The summed E-state index contributed by atoms with van der Waals surface area (Å²) in [5.41, 5.74) is 4.31. The van der Waals surface area contributed by atoms with Crippen LogP contribution in [0.25, 0.3) is 6.08 Å². The molecule has 0 aliphatic heterocycles. The van der Waals surface area contributed by atoms with Crippen LogP contribution in [0.2, 0.25) is 0 Å². The first-order valence-electron chi connectivity index (χ1n) is 5.28. The molecule has 0 bridgehead atoms. The second-order valence-electron chi connectivity index (χ2n) is 3.83. The van der Waals surface area contributed by atoms with Crippen molar-refractivity contribution in [3.63, 3.8) is 0 Å². The first-order chi connectivity index (χ1) is 6.90. The van der Waals surface area contributed by atoms with Crippen LogP contribution in [0.5, 0.6) is 0 Å².